The zero-order chi connectivity index (χ0) is 12.1. The third-order valence-electron chi connectivity index (χ3n) is 2.45. The predicted octanol–water partition coefficient (Wildman–Crippen LogP) is 3.37. The highest BCUT2D eigenvalue weighted by Crippen LogP contribution is 2.32. The monoisotopic (exact) mass is 277 g/mol. The van der Waals surface area contributed by atoms with E-state index in [2.05, 4.69) is 4.98 Å². The fourth-order valence-electron chi connectivity index (χ4n) is 1.75. The highest BCUT2D eigenvalue weighted by atomic mass is 35.7. The zero-order valence-corrected chi connectivity index (χ0v) is 11.0. The molecule has 1 heterocycles. The largest absolute Gasteiger partial charge is 0.357 e. The Bertz CT molecular complexity index is 674. The van der Waals surface area contributed by atoms with Crippen molar-refractivity contribution >= 4 is 42.2 Å². The SMILES string of the molecule is Cc1cc2c(S(=O)(=O)Cl)c(C)[nH]c2cc1Cl. The van der Waals surface area contributed by atoms with Crippen molar-refractivity contribution in [2.24, 2.45) is 0 Å². The van der Waals surface area contributed by atoms with Gasteiger partial charge in [-0.25, -0.2) is 8.42 Å². The number of hydrogen-bond acceptors (Lipinski definition) is 2. The summed E-state index contributed by atoms with van der Waals surface area (Å²) in [4.78, 5) is 3.08. The summed E-state index contributed by atoms with van der Waals surface area (Å²) in [6.07, 6.45) is 0. The van der Waals surface area contributed by atoms with Crippen molar-refractivity contribution in [2.75, 3.05) is 0 Å². The van der Waals surface area contributed by atoms with E-state index >= 15 is 0 Å². The molecule has 0 amide bonds. The third-order valence-corrected chi connectivity index (χ3v) is 4.33. The minimum atomic E-state index is -3.75. The summed E-state index contributed by atoms with van der Waals surface area (Å²) < 4.78 is 22.9. The Hall–Kier alpha value is -0.710. The molecule has 2 rings (SSSR count). The van der Waals surface area contributed by atoms with Crippen LogP contribution < -0.4 is 0 Å². The fourth-order valence-corrected chi connectivity index (χ4v) is 3.36. The minimum absolute atomic E-state index is 0.129. The molecule has 1 aromatic heterocycles. The van der Waals surface area contributed by atoms with Crippen molar-refractivity contribution in [1.29, 1.82) is 0 Å². The van der Waals surface area contributed by atoms with Crippen LogP contribution >= 0.6 is 22.3 Å². The van der Waals surface area contributed by atoms with Crippen LogP contribution in [0.4, 0.5) is 0 Å². The van der Waals surface area contributed by atoms with Gasteiger partial charge in [-0.1, -0.05) is 11.6 Å². The zero-order valence-electron chi connectivity index (χ0n) is 8.64. The van der Waals surface area contributed by atoms with Gasteiger partial charge in [-0.2, -0.15) is 0 Å². The first-order chi connectivity index (χ1) is 7.30. The Labute approximate surface area is 103 Å². The highest BCUT2D eigenvalue weighted by molar-refractivity contribution is 8.14. The molecule has 86 valence electrons. The van der Waals surface area contributed by atoms with Gasteiger partial charge in [-0.3, -0.25) is 0 Å². The molecule has 0 saturated carbocycles. The van der Waals surface area contributed by atoms with Gasteiger partial charge in [0.2, 0.25) is 0 Å². The predicted molar refractivity (Wildman–Crippen MR) is 65.8 cm³/mol. The first-order valence-corrected chi connectivity index (χ1v) is 7.22. The second-order valence-electron chi connectivity index (χ2n) is 3.66. The Balaban J connectivity index is 2.96. The number of benzene rings is 1. The van der Waals surface area contributed by atoms with Gasteiger partial charge in [0.05, 0.1) is 0 Å². The van der Waals surface area contributed by atoms with E-state index in [-0.39, 0.29) is 4.90 Å². The van der Waals surface area contributed by atoms with E-state index in [1.165, 1.54) is 0 Å². The lowest BCUT2D eigenvalue weighted by Gasteiger charge is -1.99. The molecule has 1 aromatic carbocycles. The first-order valence-electron chi connectivity index (χ1n) is 4.54. The van der Waals surface area contributed by atoms with Crippen LogP contribution in [0.5, 0.6) is 0 Å². The average molecular weight is 278 g/mol. The molecule has 0 aliphatic carbocycles. The normalized spacial score (nSPS) is 12.2. The Morgan fingerprint density at radius 2 is 1.88 bits per heavy atom. The van der Waals surface area contributed by atoms with Crippen molar-refractivity contribution in [3.63, 3.8) is 0 Å². The van der Waals surface area contributed by atoms with E-state index in [1.54, 1.807) is 19.1 Å². The molecule has 16 heavy (non-hydrogen) atoms. The van der Waals surface area contributed by atoms with Crippen LogP contribution in [0, 0.1) is 13.8 Å². The lowest BCUT2D eigenvalue weighted by Crippen LogP contribution is -1.91. The van der Waals surface area contributed by atoms with Crippen molar-refractivity contribution in [2.45, 2.75) is 18.7 Å². The summed E-state index contributed by atoms with van der Waals surface area (Å²) >= 11 is 5.96. The van der Waals surface area contributed by atoms with Crippen molar-refractivity contribution < 1.29 is 8.42 Å². The molecule has 0 spiro atoms. The highest BCUT2D eigenvalue weighted by Gasteiger charge is 2.20. The van der Waals surface area contributed by atoms with Gasteiger partial charge in [0.25, 0.3) is 9.05 Å². The maximum atomic E-state index is 11.4. The van der Waals surface area contributed by atoms with Crippen LogP contribution in [0.25, 0.3) is 10.9 Å². The molecular weight excluding hydrogens is 269 g/mol. The van der Waals surface area contributed by atoms with E-state index in [9.17, 15) is 8.42 Å². The number of hydrogen-bond donors (Lipinski definition) is 1. The first kappa shape index (κ1) is 11.8. The van der Waals surface area contributed by atoms with Crippen molar-refractivity contribution in [3.05, 3.63) is 28.4 Å². The summed E-state index contributed by atoms with van der Waals surface area (Å²) in [5.74, 6) is 0. The summed E-state index contributed by atoms with van der Waals surface area (Å²) in [6.45, 7) is 3.48. The molecule has 0 aliphatic rings. The Kier molecular flexibility index (Phi) is 2.69. The molecule has 0 bridgehead atoms. The van der Waals surface area contributed by atoms with Crippen LogP contribution in [0.3, 0.4) is 0 Å². The number of fused-ring (bicyclic) bond motifs is 1. The summed E-state index contributed by atoms with van der Waals surface area (Å²) in [7, 11) is 1.65. The number of H-pyrrole nitrogens is 1. The topological polar surface area (TPSA) is 49.9 Å². The number of rotatable bonds is 1. The molecule has 0 atom stereocenters. The van der Waals surface area contributed by atoms with Crippen LogP contribution in [-0.4, -0.2) is 13.4 Å². The smallest absolute Gasteiger partial charge is 0.263 e. The Morgan fingerprint density at radius 1 is 1.25 bits per heavy atom. The van der Waals surface area contributed by atoms with E-state index in [4.69, 9.17) is 22.3 Å². The van der Waals surface area contributed by atoms with Gasteiger partial charge < -0.3 is 4.98 Å². The minimum Gasteiger partial charge on any atom is -0.357 e. The maximum absolute atomic E-state index is 11.4. The molecule has 0 aliphatic heterocycles. The molecular formula is C10H9Cl2NO2S. The van der Waals surface area contributed by atoms with E-state index in [0.717, 1.165) is 5.56 Å². The number of aromatic amines is 1. The maximum Gasteiger partial charge on any atom is 0.263 e. The van der Waals surface area contributed by atoms with Crippen LogP contribution in [0.15, 0.2) is 17.0 Å². The molecule has 6 heteroatoms. The van der Waals surface area contributed by atoms with E-state index in [1.807, 2.05) is 6.92 Å². The van der Waals surface area contributed by atoms with Crippen LogP contribution in [0.1, 0.15) is 11.3 Å². The number of nitrogens with one attached hydrogen (secondary N) is 1. The second-order valence-corrected chi connectivity index (χ2v) is 6.57. The summed E-state index contributed by atoms with van der Waals surface area (Å²) in [5, 5.41) is 1.17. The molecule has 0 saturated heterocycles. The molecule has 1 N–H and O–H groups in total. The molecule has 0 fully saturated rings. The fraction of sp³-hybridized carbons (Fsp3) is 0.200. The standard InChI is InChI=1S/C10H9Cl2NO2S/c1-5-3-7-9(4-8(5)11)13-6(2)10(7)16(12,14)15/h3-4,13H,1-2H3. The quantitative estimate of drug-likeness (QED) is 0.813. The summed E-state index contributed by atoms with van der Waals surface area (Å²) in [5.41, 5.74) is 2.01. The van der Waals surface area contributed by atoms with E-state index < -0.39 is 9.05 Å². The van der Waals surface area contributed by atoms with E-state index in [0.29, 0.717) is 21.6 Å². The number of aromatic nitrogens is 1. The molecule has 2 aromatic rings. The van der Waals surface area contributed by atoms with Gasteiger partial charge in [0.15, 0.2) is 0 Å². The van der Waals surface area contributed by atoms with Gasteiger partial charge in [-0.05, 0) is 31.5 Å². The number of aryl methyl sites for hydroxylation is 2. The summed E-state index contributed by atoms with van der Waals surface area (Å²) in [6, 6.07) is 3.42. The number of halogens is 2. The van der Waals surface area contributed by atoms with Gasteiger partial charge >= 0.3 is 0 Å². The average Bonchev–Trinajstić information content (AvgIpc) is 2.40. The van der Waals surface area contributed by atoms with Gasteiger partial charge in [0, 0.05) is 32.3 Å². The van der Waals surface area contributed by atoms with Gasteiger partial charge in [0.1, 0.15) is 4.90 Å². The molecule has 0 radical (unpaired) electrons. The lowest BCUT2D eigenvalue weighted by molar-refractivity contribution is 0.610. The van der Waals surface area contributed by atoms with Crippen molar-refractivity contribution in [3.8, 4) is 0 Å². The van der Waals surface area contributed by atoms with Crippen molar-refractivity contribution in [1.82, 2.24) is 4.98 Å². The molecule has 0 unspecified atom stereocenters. The van der Waals surface area contributed by atoms with Gasteiger partial charge in [-0.15, -0.1) is 0 Å². The second kappa shape index (κ2) is 3.65. The Morgan fingerprint density at radius 3 is 2.44 bits per heavy atom. The van der Waals surface area contributed by atoms with Crippen LogP contribution in [0.2, 0.25) is 5.02 Å². The molecule has 3 nitrogen and oxygen atoms in total. The lowest BCUT2D eigenvalue weighted by atomic mass is 10.2. The third kappa shape index (κ3) is 1.81. The van der Waals surface area contributed by atoms with Crippen LogP contribution in [-0.2, 0) is 9.05 Å².